The van der Waals surface area contributed by atoms with Crippen molar-refractivity contribution in [1.82, 2.24) is 15.8 Å². The molecule has 3 aliphatic rings. The first-order valence-corrected chi connectivity index (χ1v) is 17.6. The zero-order chi connectivity index (χ0) is 32.5. The summed E-state index contributed by atoms with van der Waals surface area (Å²) in [5.74, 6) is 1.84. The van der Waals surface area contributed by atoms with E-state index in [4.69, 9.17) is 16.6 Å². The smallest absolute Gasteiger partial charge is 0.141 e. The minimum Gasteiger partial charge on any atom is -0.327 e. The molecule has 2 unspecified atom stereocenters. The van der Waals surface area contributed by atoms with E-state index < -0.39 is 6.17 Å². The molecule has 0 aromatic heterocycles. The third-order valence-corrected chi connectivity index (χ3v) is 8.93. The molecule has 0 spiro atoms. The maximum absolute atomic E-state index is 13.2. The Morgan fingerprint density at radius 3 is 2.41 bits per heavy atom. The number of alkyl halides is 1. The summed E-state index contributed by atoms with van der Waals surface area (Å²) >= 11 is 7.26. The molecule has 1 aromatic rings. The lowest BCUT2D eigenvalue weighted by molar-refractivity contribution is 0.308. The molecule has 2 heterocycles. The number of hydrogen-bond donors (Lipinski definition) is 2. The van der Waals surface area contributed by atoms with Crippen LogP contribution >= 0.6 is 23.4 Å². The fourth-order valence-corrected chi connectivity index (χ4v) is 5.81. The average molecular weight is 643 g/mol. The summed E-state index contributed by atoms with van der Waals surface area (Å²) in [7, 11) is 0. The van der Waals surface area contributed by atoms with Crippen LogP contribution in [0.25, 0.3) is 0 Å². The summed E-state index contributed by atoms with van der Waals surface area (Å²) in [4.78, 5) is 8.13. The molecule has 1 saturated heterocycles. The van der Waals surface area contributed by atoms with E-state index in [1.807, 2.05) is 61.7 Å². The summed E-state index contributed by atoms with van der Waals surface area (Å²) in [5, 5.41) is 2.85. The minimum atomic E-state index is -0.841. The van der Waals surface area contributed by atoms with E-state index in [1.54, 1.807) is 18.7 Å². The van der Waals surface area contributed by atoms with Crippen LogP contribution in [0.5, 0.6) is 0 Å². The van der Waals surface area contributed by atoms with Gasteiger partial charge in [-0.05, 0) is 80.2 Å². The Hall–Kier alpha value is -2.12. The number of hydrogen-bond acceptors (Lipinski definition) is 5. The molecule has 4 rings (SSSR count). The summed E-state index contributed by atoms with van der Waals surface area (Å²) < 4.78 is 13.2. The number of rotatable bonds is 11. The van der Waals surface area contributed by atoms with E-state index in [2.05, 4.69) is 49.7 Å². The Labute approximate surface area is 277 Å². The number of halogens is 2. The molecule has 2 aliphatic heterocycles. The molecule has 0 bridgehead atoms. The lowest BCUT2D eigenvalue weighted by atomic mass is 9.96. The number of fused-ring (bicyclic) bond motifs is 1. The van der Waals surface area contributed by atoms with Crippen molar-refractivity contribution in [1.29, 1.82) is 0 Å². The molecule has 7 heteroatoms. The van der Waals surface area contributed by atoms with Gasteiger partial charge in [0.15, 0.2) is 0 Å². The van der Waals surface area contributed by atoms with Gasteiger partial charge in [0.25, 0.3) is 0 Å². The van der Waals surface area contributed by atoms with Crippen molar-refractivity contribution < 1.29 is 4.39 Å². The highest BCUT2D eigenvalue weighted by molar-refractivity contribution is 8.06. The first kappa shape index (κ1) is 38.1. The van der Waals surface area contributed by atoms with Crippen LogP contribution in [-0.2, 0) is 0 Å². The molecule has 2 N–H and O–H groups in total. The van der Waals surface area contributed by atoms with Gasteiger partial charge in [-0.15, -0.1) is 0 Å². The Morgan fingerprint density at radius 2 is 1.84 bits per heavy atom. The number of aliphatic imine (C=N–C) groups is 1. The number of benzene rings is 1. The zero-order valence-corrected chi connectivity index (χ0v) is 29.5. The third-order valence-electron chi connectivity index (χ3n) is 7.82. The molecule has 244 valence electrons. The van der Waals surface area contributed by atoms with Gasteiger partial charge in [0.05, 0.1) is 6.54 Å². The fraction of sp³-hybridized carbons (Fsp3) is 0.541. The van der Waals surface area contributed by atoms with E-state index in [0.29, 0.717) is 25.0 Å². The molecule has 44 heavy (non-hydrogen) atoms. The normalized spacial score (nSPS) is 19.3. The van der Waals surface area contributed by atoms with Gasteiger partial charge in [0.1, 0.15) is 12.0 Å². The van der Waals surface area contributed by atoms with Crippen molar-refractivity contribution in [2.45, 2.75) is 111 Å². The Balaban J connectivity index is 0.000000429. The molecular formula is C37H56ClFN4S. The number of hydrazine groups is 1. The highest BCUT2D eigenvalue weighted by Gasteiger charge is 2.35. The standard InChI is InChI=1S/C25H37FN4S.C7H7Cl.C5H12/c1-5-14-31-20(4)25-27-16-23(18(2)10-9-11-19(3)26)24-15-22(17-30(24)25)29-28-21-12-7-6-8-13-21;1-6-3-2-4-7(8)5-6;1-4-5(2)3/h5,9-10,14,19,21-22,28-29H,2,4,6-8,11-13,15-17H2,1,3H3;2-5H,1H3;5H,4H2,1-3H3/b10-9-,14-5-;;. The predicted molar refractivity (Wildman–Crippen MR) is 194 cm³/mol. The van der Waals surface area contributed by atoms with Crippen molar-refractivity contribution in [3.8, 4) is 0 Å². The molecular weight excluding hydrogens is 587 g/mol. The van der Waals surface area contributed by atoms with Crippen LogP contribution in [0.2, 0.25) is 5.02 Å². The van der Waals surface area contributed by atoms with Gasteiger partial charge >= 0.3 is 0 Å². The van der Waals surface area contributed by atoms with Crippen LogP contribution < -0.4 is 10.9 Å². The lowest BCUT2D eigenvalue weighted by Crippen LogP contribution is -2.48. The van der Waals surface area contributed by atoms with Crippen LogP contribution in [0.3, 0.4) is 0 Å². The fourth-order valence-electron chi connectivity index (χ4n) is 4.98. The van der Waals surface area contributed by atoms with Crippen molar-refractivity contribution in [3.05, 3.63) is 93.4 Å². The highest BCUT2D eigenvalue weighted by atomic mass is 35.5. The topological polar surface area (TPSA) is 39.7 Å². The number of amidine groups is 1. The summed E-state index contributed by atoms with van der Waals surface area (Å²) in [6.45, 7) is 22.2. The highest BCUT2D eigenvalue weighted by Crippen LogP contribution is 2.35. The quantitative estimate of drug-likeness (QED) is 0.186. The first-order valence-electron chi connectivity index (χ1n) is 16.3. The molecule has 1 saturated carbocycles. The van der Waals surface area contributed by atoms with Gasteiger partial charge < -0.3 is 4.90 Å². The van der Waals surface area contributed by atoms with Gasteiger partial charge in [-0.3, -0.25) is 15.8 Å². The number of nitrogens with zero attached hydrogens (tertiary/aromatic N) is 2. The summed E-state index contributed by atoms with van der Waals surface area (Å²) in [5.41, 5.74) is 11.7. The maximum atomic E-state index is 13.2. The van der Waals surface area contributed by atoms with Gasteiger partial charge in [-0.25, -0.2) is 4.39 Å². The lowest BCUT2D eigenvalue weighted by Gasteiger charge is -2.29. The Morgan fingerprint density at radius 1 is 1.16 bits per heavy atom. The molecule has 0 amide bonds. The number of nitrogens with one attached hydrogen (secondary N) is 2. The van der Waals surface area contributed by atoms with Crippen LogP contribution in [0.4, 0.5) is 4.39 Å². The van der Waals surface area contributed by atoms with E-state index in [9.17, 15) is 4.39 Å². The average Bonchev–Trinajstić information content (AvgIpc) is 3.43. The maximum Gasteiger partial charge on any atom is 0.141 e. The number of aryl methyl sites for hydroxylation is 1. The van der Waals surface area contributed by atoms with E-state index in [-0.39, 0.29) is 0 Å². The number of allylic oxidation sites excluding steroid dienone is 3. The second-order valence-corrected chi connectivity index (χ2v) is 13.7. The molecule has 2 fully saturated rings. The molecule has 1 aromatic carbocycles. The number of thioether (sulfide) groups is 1. The van der Waals surface area contributed by atoms with Crippen molar-refractivity contribution >= 4 is 29.2 Å². The van der Waals surface area contributed by atoms with Gasteiger partial charge in [-0.2, -0.15) is 0 Å². The SMILES string of the molecule is C=C(/C=C\CC(C)F)C1=C2CC(NNC3CCCCC3)CN2C(C(=C)S/C=C\C)=NC1.CCC(C)C.Cc1cccc(Cl)c1. The third kappa shape index (κ3) is 13.9. The molecule has 4 nitrogen and oxygen atoms in total. The Kier molecular flexibility index (Phi) is 18.0. The second kappa shape index (κ2) is 20.8. The van der Waals surface area contributed by atoms with E-state index in [1.165, 1.54) is 49.8 Å². The van der Waals surface area contributed by atoms with Crippen LogP contribution in [0, 0.1) is 12.8 Å². The Bertz CT molecular complexity index is 1150. The van der Waals surface area contributed by atoms with E-state index >= 15 is 0 Å². The van der Waals surface area contributed by atoms with E-state index in [0.717, 1.165) is 45.8 Å². The molecule has 0 radical (unpaired) electrons. The largest absolute Gasteiger partial charge is 0.327 e. The van der Waals surface area contributed by atoms with Crippen LogP contribution in [0.1, 0.15) is 91.5 Å². The van der Waals surface area contributed by atoms with Crippen molar-refractivity contribution in [2.24, 2.45) is 10.9 Å². The second-order valence-electron chi connectivity index (χ2n) is 12.3. The van der Waals surface area contributed by atoms with Crippen molar-refractivity contribution in [3.63, 3.8) is 0 Å². The molecule has 1 aliphatic carbocycles. The van der Waals surface area contributed by atoms with Crippen LogP contribution in [-0.4, -0.2) is 42.1 Å². The van der Waals surface area contributed by atoms with Crippen molar-refractivity contribution in [2.75, 3.05) is 13.1 Å². The minimum absolute atomic E-state index is 0.303. The first-order chi connectivity index (χ1) is 21.0. The molecule has 2 atom stereocenters. The van der Waals surface area contributed by atoms with Gasteiger partial charge in [0.2, 0.25) is 0 Å². The predicted octanol–water partition coefficient (Wildman–Crippen LogP) is 10.5. The van der Waals surface area contributed by atoms with Gasteiger partial charge in [0, 0.05) is 40.7 Å². The van der Waals surface area contributed by atoms with Gasteiger partial charge in [-0.1, -0.05) is 113 Å². The zero-order valence-electron chi connectivity index (χ0n) is 28.0. The van der Waals surface area contributed by atoms with Crippen LogP contribution in [0.15, 0.2) is 87.8 Å². The monoisotopic (exact) mass is 642 g/mol. The summed E-state index contributed by atoms with van der Waals surface area (Å²) in [6.07, 6.45) is 14.1. The summed E-state index contributed by atoms with van der Waals surface area (Å²) in [6, 6.07) is 8.63.